The second-order valence-electron chi connectivity index (χ2n) is 11.5. The number of benzene rings is 3. The predicted molar refractivity (Wildman–Crippen MR) is 232 cm³/mol. The highest BCUT2D eigenvalue weighted by atomic mass is 35.5. The van der Waals surface area contributed by atoms with Crippen LogP contribution in [0.5, 0.6) is 0 Å². The van der Waals surface area contributed by atoms with Gasteiger partial charge < -0.3 is 4.79 Å². The number of halogens is 2. The number of alkyl halides is 2. The summed E-state index contributed by atoms with van der Waals surface area (Å²) in [5.74, 6) is 2.01. The van der Waals surface area contributed by atoms with E-state index in [1.54, 1.807) is 0 Å². The third-order valence-corrected chi connectivity index (χ3v) is 10.7. The maximum Gasteiger partial charge on any atom is 0.134 e. The van der Waals surface area contributed by atoms with Gasteiger partial charge in [-0.05, 0) is 48.7 Å². The van der Waals surface area contributed by atoms with Crippen LogP contribution in [0.3, 0.4) is 0 Å². The molecule has 0 aromatic heterocycles. The lowest BCUT2D eigenvalue weighted by Gasteiger charge is -2.18. The maximum atomic E-state index is 9.04. The highest BCUT2D eigenvalue weighted by Gasteiger charge is 2.15. The Morgan fingerprint density at radius 2 is 0.816 bits per heavy atom. The molecule has 0 saturated carbocycles. The Bertz CT molecular complexity index is 948. The Labute approximate surface area is 319 Å². The molecule has 0 bridgehead atoms. The van der Waals surface area contributed by atoms with Gasteiger partial charge in [0.25, 0.3) is 0 Å². The smallest absolute Gasteiger partial charge is 0.134 e. The van der Waals surface area contributed by atoms with Crippen LogP contribution in [0, 0.1) is 0 Å². The molecule has 0 radical (unpaired) electrons. The number of hydrogen-bond acceptors (Lipinski definition) is 2. The van der Waals surface area contributed by atoms with Crippen LogP contribution < -0.4 is 15.9 Å². The van der Waals surface area contributed by atoms with E-state index in [4.69, 9.17) is 28.0 Å². The lowest BCUT2D eigenvalue weighted by molar-refractivity contribution is -0.105. The van der Waals surface area contributed by atoms with Gasteiger partial charge in [0.2, 0.25) is 0 Å². The second-order valence-corrected chi connectivity index (χ2v) is 15.5. The molecule has 3 aromatic rings. The van der Waals surface area contributed by atoms with Crippen molar-refractivity contribution in [2.45, 2.75) is 124 Å². The van der Waals surface area contributed by atoms with Gasteiger partial charge in [-0.2, -0.15) is 11.8 Å². The van der Waals surface area contributed by atoms with Crippen molar-refractivity contribution in [1.82, 2.24) is 0 Å². The molecule has 0 spiro atoms. The molecule has 0 atom stereocenters. The fourth-order valence-electron chi connectivity index (χ4n) is 4.61. The Hall–Kier alpha value is -1.57. The van der Waals surface area contributed by atoms with Crippen LogP contribution in [-0.2, 0) is 4.79 Å². The molecule has 0 amide bonds. The maximum absolute atomic E-state index is 9.04. The largest absolute Gasteiger partial charge is 0.302 e. The summed E-state index contributed by atoms with van der Waals surface area (Å²) in [6.07, 6.45) is 27.9. The number of carbonyl (C=O) groups is 1. The van der Waals surface area contributed by atoms with Crippen LogP contribution in [0.2, 0.25) is 0 Å². The van der Waals surface area contributed by atoms with E-state index in [-0.39, 0.29) is 5.88 Å². The molecular weight excluding hydrogens is 678 g/mol. The summed E-state index contributed by atoms with van der Waals surface area (Å²) in [6.45, 7) is 8.93. The van der Waals surface area contributed by atoms with Gasteiger partial charge in [-0.3, -0.25) is 0 Å². The van der Waals surface area contributed by atoms with Gasteiger partial charge in [0.15, 0.2) is 0 Å². The first-order valence-corrected chi connectivity index (χ1v) is 22.6. The van der Waals surface area contributed by atoms with Crippen LogP contribution >= 0.6 is 42.9 Å². The van der Waals surface area contributed by atoms with Gasteiger partial charge in [-0.1, -0.05) is 214 Å². The number of rotatable bonds is 20. The molecule has 0 N–H and O–H groups in total. The van der Waals surface area contributed by atoms with Crippen LogP contribution in [0.15, 0.2) is 103 Å². The van der Waals surface area contributed by atoms with Gasteiger partial charge in [-0.15, -0.1) is 23.2 Å². The molecule has 0 aliphatic carbocycles. The summed E-state index contributed by atoms with van der Waals surface area (Å²) in [4.78, 5) is 9.04. The van der Waals surface area contributed by atoms with Crippen molar-refractivity contribution < 1.29 is 4.79 Å². The number of carbonyl (C=O) groups excluding carboxylic acids is 1. The summed E-state index contributed by atoms with van der Waals surface area (Å²) in [7, 11) is -0.446. The van der Waals surface area contributed by atoms with E-state index in [2.05, 4.69) is 131 Å². The van der Waals surface area contributed by atoms with E-state index in [0.717, 1.165) is 0 Å². The zero-order chi connectivity index (χ0) is 36.5. The lowest BCUT2D eigenvalue weighted by atomic mass is 10.1. The van der Waals surface area contributed by atoms with Crippen molar-refractivity contribution >= 4 is 65.1 Å². The highest BCUT2D eigenvalue weighted by molar-refractivity contribution is 7.98. The molecule has 276 valence electrons. The molecule has 0 saturated heterocycles. The van der Waals surface area contributed by atoms with Crippen LogP contribution in [0.4, 0.5) is 0 Å². The second kappa shape index (κ2) is 42.6. The minimum Gasteiger partial charge on any atom is -0.302 e. The first-order valence-electron chi connectivity index (χ1n) is 18.8. The van der Waals surface area contributed by atoms with Crippen LogP contribution in [0.25, 0.3) is 0 Å². The van der Waals surface area contributed by atoms with Crippen molar-refractivity contribution in [3.05, 3.63) is 103 Å². The third kappa shape index (κ3) is 33.3. The zero-order valence-corrected chi connectivity index (χ0v) is 34.9. The molecule has 3 aromatic carbocycles. The van der Waals surface area contributed by atoms with E-state index in [9.17, 15) is 0 Å². The summed E-state index contributed by atoms with van der Waals surface area (Å²) in [6, 6.07) is 32.3. The molecule has 0 aliphatic heterocycles. The van der Waals surface area contributed by atoms with Crippen molar-refractivity contribution in [1.29, 1.82) is 0 Å². The first kappa shape index (κ1) is 49.5. The Morgan fingerprint density at radius 3 is 1.08 bits per heavy atom. The van der Waals surface area contributed by atoms with Crippen LogP contribution in [-0.4, -0.2) is 30.1 Å². The Kier molecular flexibility index (Phi) is 43.1. The topological polar surface area (TPSA) is 17.1 Å². The van der Waals surface area contributed by atoms with E-state index in [0.29, 0.717) is 12.2 Å². The standard InChI is InChI=1S/C18H15P.C12H23Cl.C9H20.C3H8S.C2H3ClO/c1-4-10-16(11-5-1)19(17-12-6-2-7-13-17)18-14-8-3-9-15-18;1-2-3-4-5-6-7-8-9-10-11-12-13;1-3-5-7-9-8-6-4-2;1-3-4-2;3-1-2-4/h1-15H;10-11H,2-9,12H2,1H3;3-9H2,1-2H3;3H2,1-2H3;2H,1H2/b;11-10-;;;. The molecule has 49 heavy (non-hydrogen) atoms. The fourth-order valence-corrected chi connectivity index (χ4v) is 7.04. The minimum atomic E-state index is -0.446. The van der Waals surface area contributed by atoms with Gasteiger partial charge >= 0.3 is 0 Å². The summed E-state index contributed by atoms with van der Waals surface area (Å²) < 4.78 is 0. The monoisotopic (exact) mass is 746 g/mol. The van der Waals surface area contributed by atoms with E-state index < -0.39 is 7.92 Å². The Balaban J connectivity index is 0. The molecule has 0 unspecified atom stereocenters. The Morgan fingerprint density at radius 1 is 0.510 bits per heavy atom. The molecule has 5 heteroatoms. The SMILES string of the molecule is CCCCCCCCC.CCCCCCCCC/C=C\CCl.CCSC.O=CCCl.c1ccc(P(c2ccccc2)c2ccccc2)cc1. The van der Waals surface area contributed by atoms with Gasteiger partial charge in [-0.25, -0.2) is 0 Å². The van der Waals surface area contributed by atoms with Gasteiger partial charge in [0, 0.05) is 5.88 Å². The minimum absolute atomic E-state index is 0.111. The number of unbranched alkanes of at least 4 members (excludes halogenated alkanes) is 13. The number of hydrogen-bond donors (Lipinski definition) is 0. The van der Waals surface area contributed by atoms with E-state index in [1.807, 2.05) is 17.8 Å². The fraction of sp³-hybridized carbons (Fsp3) is 0.523. The van der Waals surface area contributed by atoms with Crippen molar-refractivity contribution in [2.24, 2.45) is 0 Å². The average Bonchev–Trinajstić information content (AvgIpc) is 3.16. The van der Waals surface area contributed by atoms with Crippen LogP contribution in [0.1, 0.15) is 124 Å². The molecule has 0 fully saturated rings. The summed E-state index contributed by atoms with van der Waals surface area (Å²) in [5, 5.41) is 4.19. The molecule has 1 nitrogen and oxygen atoms in total. The summed E-state index contributed by atoms with van der Waals surface area (Å²) in [5.41, 5.74) is 0. The molecule has 0 heterocycles. The molecule has 3 rings (SSSR count). The quantitative estimate of drug-likeness (QED) is 0.0376. The molecular formula is C44H69Cl2OPS. The van der Waals surface area contributed by atoms with Gasteiger partial charge in [0.05, 0.1) is 5.88 Å². The molecule has 0 aliphatic rings. The zero-order valence-electron chi connectivity index (χ0n) is 31.6. The lowest BCUT2D eigenvalue weighted by Crippen LogP contribution is -2.20. The van der Waals surface area contributed by atoms with Crippen molar-refractivity contribution in [2.75, 3.05) is 23.8 Å². The average molecular weight is 748 g/mol. The summed E-state index contributed by atoms with van der Waals surface area (Å²) >= 11 is 12.2. The van der Waals surface area contributed by atoms with Crippen molar-refractivity contribution in [3.8, 4) is 0 Å². The highest BCUT2D eigenvalue weighted by Crippen LogP contribution is 2.32. The van der Waals surface area contributed by atoms with E-state index >= 15 is 0 Å². The number of aldehydes is 1. The third-order valence-electron chi connectivity index (χ3n) is 7.33. The number of allylic oxidation sites excluding steroid dienone is 2. The normalized spacial score (nSPS) is 10.0. The number of thioether (sulfide) groups is 1. The first-order chi connectivity index (χ1) is 24.1. The van der Waals surface area contributed by atoms with Gasteiger partial charge in [0.1, 0.15) is 6.29 Å². The van der Waals surface area contributed by atoms with E-state index in [1.165, 1.54) is 118 Å². The predicted octanol–water partition coefficient (Wildman–Crippen LogP) is 13.9. The van der Waals surface area contributed by atoms with Crippen molar-refractivity contribution in [3.63, 3.8) is 0 Å².